The number of para-hydroxylation sites is 1. The van der Waals surface area contributed by atoms with E-state index in [4.69, 9.17) is 21.1 Å². The predicted molar refractivity (Wildman–Crippen MR) is 126 cm³/mol. The van der Waals surface area contributed by atoms with Crippen LogP contribution in [0.1, 0.15) is 63.5 Å². The van der Waals surface area contributed by atoms with Crippen molar-refractivity contribution in [2.75, 3.05) is 7.11 Å². The molecule has 4 aliphatic rings. The molecule has 2 unspecified atom stereocenters. The van der Waals surface area contributed by atoms with E-state index < -0.39 is 0 Å². The average molecular weight is 440 g/mol. The van der Waals surface area contributed by atoms with Crippen molar-refractivity contribution in [2.24, 2.45) is 16.7 Å². The van der Waals surface area contributed by atoms with Crippen LogP contribution in [0.15, 0.2) is 42.5 Å². The Hall–Kier alpha value is -1.71. The summed E-state index contributed by atoms with van der Waals surface area (Å²) in [6.07, 6.45) is 8.15. The SMILES string of the molecule is COc1cccc(CNC23CC4CC(C)(CC(C)(C4)C2)C3)c1OCc1cccc(Cl)c1. The molecule has 0 saturated heterocycles. The lowest BCUT2D eigenvalue weighted by Gasteiger charge is -2.65. The highest BCUT2D eigenvalue weighted by Gasteiger charge is 2.59. The second-order valence-corrected chi connectivity index (χ2v) is 11.6. The molecular weight excluding hydrogens is 406 g/mol. The molecule has 4 aliphatic carbocycles. The van der Waals surface area contributed by atoms with Crippen LogP contribution in [0.5, 0.6) is 11.5 Å². The lowest BCUT2D eigenvalue weighted by atomic mass is 9.43. The van der Waals surface area contributed by atoms with E-state index in [-0.39, 0.29) is 5.54 Å². The summed E-state index contributed by atoms with van der Waals surface area (Å²) in [5.74, 6) is 2.49. The molecule has 1 N–H and O–H groups in total. The van der Waals surface area contributed by atoms with Crippen LogP contribution >= 0.6 is 11.6 Å². The minimum Gasteiger partial charge on any atom is -0.493 e. The van der Waals surface area contributed by atoms with E-state index in [0.29, 0.717) is 17.4 Å². The average Bonchev–Trinajstić information content (AvgIpc) is 2.68. The Balaban J connectivity index is 1.35. The van der Waals surface area contributed by atoms with Crippen LogP contribution in [0, 0.1) is 16.7 Å². The first-order valence-corrected chi connectivity index (χ1v) is 12.0. The third kappa shape index (κ3) is 4.19. The van der Waals surface area contributed by atoms with E-state index in [2.05, 4.69) is 31.3 Å². The van der Waals surface area contributed by atoms with Crippen LogP contribution in [-0.2, 0) is 13.2 Å². The molecule has 3 nitrogen and oxygen atoms in total. The third-order valence-electron chi connectivity index (χ3n) is 7.83. The van der Waals surface area contributed by atoms with E-state index in [1.165, 1.54) is 38.5 Å². The number of benzene rings is 2. The van der Waals surface area contributed by atoms with E-state index in [1.54, 1.807) is 7.11 Å². The van der Waals surface area contributed by atoms with Crippen molar-refractivity contribution in [3.63, 3.8) is 0 Å². The Kier molecular flexibility index (Phi) is 5.26. The molecule has 0 amide bonds. The molecule has 6 rings (SSSR count). The van der Waals surface area contributed by atoms with E-state index in [9.17, 15) is 0 Å². The van der Waals surface area contributed by atoms with E-state index in [1.807, 2.05) is 30.3 Å². The van der Waals surface area contributed by atoms with E-state index >= 15 is 0 Å². The Morgan fingerprint density at radius 1 is 1.00 bits per heavy atom. The smallest absolute Gasteiger partial charge is 0.166 e. The summed E-state index contributed by atoms with van der Waals surface area (Å²) in [4.78, 5) is 0. The van der Waals surface area contributed by atoms with Crippen molar-refractivity contribution in [2.45, 2.75) is 71.1 Å². The van der Waals surface area contributed by atoms with Gasteiger partial charge in [0, 0.05) is 22.7 Å². The molecular formula is C27H34ClNO2. The first-order valence-electron chi connectivity index (χ1n) is 11.6. The number of halogens is 1. The Morgan fingerprint density at radius 2 is 1.74 bits per heavy atom. The highest BCUT2D eigenvalue weighted by Crippen LogP contribution is 2.66. The maximum Gasteiger partial charge on any atom is 0.166 e. The van der Waals surface area contributed by atoms with Gasteiger partial charge in [-0.3, -0.25) is 0 Å². The summed E-state index contributed by atoms with van der Waals surface area (Å²) in [6, 6.07) is 14.0. The quantitative estimate of drug-likeness (QED) is 0.516. The molecule has 2 atom stereocenters. The molecule has 4 bridgehead atoms. The zero-order valence-corrected chi connectivity index (χ0v) is 19.7. The minimum absolute atomic E-state index is 0.260. The topological polar surface area (TPSA) is 30.5 Å². The highest BCUT2D eigenvalue weighted by atomic mass is 35.5. The predicted octanol–water partition coefficient (Wildman–Crippen LogP) is 6.77. The fraction of sp³-hybridized carbons (Fsp3) is 0.556. The summed E-state index contributed by atoms with van der Waals surface area (Å²) >= 11 is 6.15. The van der Waals surface area contributed by atoms with Crippen molar-refractivity contribution in [3.05, 3.63) is 58.6 Å². The lowest BCUT2D eigenvalue weighted by molar-refractivity contribution is -0.118. The lowest BCUT2D eigenvalue weighted by Crippen LogP contribution is -2.63. The normalized spacial score (nSPS) is 33.5. The van der Waals surface area contributed by atoms with Crippen molar-refractivity contribution in [3.8, 4) is 11.5 Å². The fourth-order valence-electron chi connectivity index (χ4n) is 7.73. The van der Waals surface area contributed by atoms with Gasteiger partial charge in [0.25, 0.3) is 0 Å². The molecule has 31 heavy (non-hydrogen) atoms. The van der Waals surface area contributed by atoms with Crippen molar-refractivity contribution < 1.29 is 9.47 Å². The molecule has 2 aromatic carbocycles. The molecule has 4 saturated carbocycles. The minimum atomic E-state index is 0.260. The maximum atomic E-state index is 6.29. The Labute approximate surface area is 191 Å². The van der Waals surface area contributed by atoms with Gasteiger partial charge in [0.1, 0.15) is 6.61 Å². The molecule has 166 valence electrons. The van der Waals surface area contributed by atoms with Crippen molar-refractivity contribution in [1.29, 1.82) is 0 Å². The summed E-state index contributed by atoms with van der Waals surface area (Å²) < 4.78 is 11.9. The van der Waals surface area contributed by atoms with Gasteiger partial charge < -0.3 is 14.8 Å². The fourth-order valence-corrected chi connectivity index (χ4v) is 7.95. The molecule has 4 fully saturated rings. The van der Waals surface area contributed by atoms with Gasteiger partial charge in [0.05, 0.1) is 7.11 Å². The number of hydrogen-bond donors (Lipinski definition) is 1. The zero-order chi connectivity index (χ0) is 21.7. The monoisotopic (exact) mass is 439 g/mol. The molecule has 2 aromatic rings. The van der Waals surface area contributed by atoms with Crippen LogP contribution in [0.25, 0.3) is 0 Å². The molecule has 0 aliphatic heterocycles. The largest absolute Gasteiger partial charge is 0.493 e. The Bertz CT molecular complexity index is 955. The summed E-state index contributed by atoms with van der Waals surface area (Å²) in [5, 5.41) is 4.76. The van der Waals surface area contributed by atoms with Crippen molar-refractivity contribution in [1.82, 2.24) is 5.32 Å². The van der Waals surface area contributed by atoms with Crippen LogP contribution < -0.4 is 14.8 Å². The van der Waals surface area contributed by atoms with Gasteiger partial charge in [-0.05, 0) is 79.0 Å². The number of ether oxygens (including phenoxy) is 2. The summed E-state index contributed by atoms with van der Waals surface area (Å²) in [6.45, 7) is 6.33. The van der Waals surface area contributed by atoms with Crippen molar-refractivity contribution >= 4 is 11.6 Å². The number of methoxy groups -OCH3 is 1. The van der Waals surface area contributed by atoms with Gasteiger partial charge >= 0.3 is 0 Å². The van der Waals surface area contributed by atoms with Crippen LogP contribution in [0.2, 0.25) is 5.02 Å². The Morgan fingerprint density at radius 3 is 2.42 bits per heavy atom. The van der Waals surface area contributed by atoms with Gasteiger partial charge in [-0.1, -0.05) is 49.7 Å². The number of nitrogens with one attached hydrogen (secondary N) is 1. The van der Waals surface area contributed by atoms with Crippen LogP contribution in [0.4, 0.5) is 0 Å². The van der Waals surface area contributed by atoms with Gasteiger partial charge in [-0.15, -0.1) is 0 Å². The second-order valence-electron chi connectivity index (χ2n) is 11.1. The first kappa shape index (κ1) is 21.2. The van der Waals surface area contributed by atoms with Gasteiger partial charge in [0.15, 0.2) is 11.5 Å². The molecule has 0 radical (unpaired) electrons. The molecule has 4 heteroatoms. The van der Waals surface area contributed by atoms with Crippen LogP contribution in [0.3, 0.4) is 0 Å². The highest BCUT2D eigenvalue weighted by molar-refractivity contribution is 6.30. The zero-order valence-electron chi connectivity index (χ0n) is 19.0. The first-order chi connectivity index (χ1) is 14.8. The van der Waals surface area contributed by atoms with Gasteiger partial charge in [-0.25, -0.2) is 0 Å². The molecule has 0 spiro atoms. The number of hydrogen-bond acceptors (Lipinski definition) is 3. The van der Waals surface area contributed by atoms with Gasteiger partial charge in [-0.2, -0.15) is 0 Å². The third-order valence-corrected chi connectivity index (χ3v) is 8.07. The molecule has 0 heterocycles. The summed E-state index contributed by atoms with van der Waals surface area (Å²) in [5.41, 5.74) is 3.48. The molecule has 0 aromatic heterocycles. The van der Waals surface area contributed by atoms with Gasteiger partial charge in [0.2, 0.25) is 0 Å². The number of rotatable bonds is 7. The summed E-state index contributed by atoms with van der Waals surface area (Å²) in [7, 11) is 1.71. The van der Waals surface area contributed by atoms with Crippen LogP contribution in [-0.4, -0.2) is 12.6 Å². The standard InChI is InChI=1S/C27H34ClNO2/c1-25-11-20-12-26(2,16-25)18-27(13-20,17-25)29-14-21-7-5-9-23(30-3)24(21)31-15-19-6-4-8-22(28)10-19/h4-10,20,29H,11-18H2,1-3H3. The maximum absolute atomic E-state index is 6.29. The second kappa shape index (κ2) is 7.71. The van der Waals surface area contributed by atoms with E-state index in [0.717, 1.165) is 40.1 Å².